The van der Waals surface area contributed by atoms with Gasteiger partial charge in [0.05, 0.1) is 0 Å². The van der Waals surface area contributed by atoms with Gasteiger partial charge >= 0.3 is 0 Å². The molecule has 0 aliphatic rings. The second kappa shape index (κ2) is 2.91. The predicted octanol–water partition coefficient (Wildman–Crippen LogP) is 0.449. The van der Waals surface area contributed by atoms with Gasteiger partial charge in [-0.25, -0.2) is 9.97 Å². The fraction of sp³-hybridized carbons (Fsp3) is 0.250. The summed E-state index contributed by atoms with van der Waals surface area (Å²) >= 11 is 0. The lowest BCUT2D eigenvalue weighted by Gasteiger charge is -1.99. The van der Waals surface area contributed by atoms with E-state index in [0.717, 1.165) is 17.9 Å². The second-order valence-corrected chi connectivity index (χ2v) is 2.63. The largest absolute Gasteiger partial charge is 0.316 e. The van der Waals surface area contributed by atoms with E-state index in [1.807, 2.05) is 30.0 Å². The van der Waals surface area contributed by atoms with E-state index in [1.54, 1.807) is 6.20 Å². The van der Waals surface area contributed by atoms with Crippen molar-refractivity contribution in [3.8, 4) is 0 Å². The zero-order valence-corrected chi connectivity index (χ0v) is 6.86. The maximum absolute atomic E-state index is 4.17. The SMILES string of the molecule is CNCc1cnc2nccn2c1. The van der Waals surface area contributed by atoms with Gasteiger partial charge in [0.1, 0.15) is 0 Å². The van der Waals surface area contributed by atoms with Crippen LogP contribution in [0.5, 0.6) is 0 Å². The monoisotopic (exact) mass is 162 g/mol. The summed E-state index contributed by atoms with van der Waals surface area (Å²) in [5.41, 5.74) is 1.16. The second-order valence-electron chi connectivity index (χ2n) is 2.63. The minimum Gasteiger partial charge on any atom is -0.316 e. The summed E-state index contributed by atoms with van der Waals surface area (Å²) in [6.45, 7) is 0.834. The quantitative estimate of drug-likeness (QED) is 0.697. The molecule has 2 aromatic heterocycles. The molecule has 2 heterocycles. The summed E-state index contributed by atoms with van der Waals surface area (Å²) in [6.07, 6.45) is 7.48. The Morgan fingerprint density at radius 3 is 3.25 bits per heavy atom. The Morgan fingerprint density at radius 2 is 2.42 bits per heavy atom. The molecule has 4 heteroatoms. The Labute approximate surface area is 70.3 Å². The Balaban J connectivity index is 2.46. The van der Waals surface area contributed by atoms with Crippen LogP contribution < -0.4 is 5.32 Å². The van der Waals surface area contributed by atoms with Crippen molar-refractivity contribution in [2.75, 3.05) is 7.05 Å². The van der Waals surface area contributed by atoms with E-state index in [2.05, 4.69) is 15.3 Å². The molecule has 0 unspecified atom stereocenters. The number of fused-ring (bicyclic) bond motifs is 1. The average Bonchev–Trinajstić information content (AvgIpc) is 2.51. The predicted molar refractivity (Wildman–Crippen MR) is 45.8 cm³/mol. The molecule has 12 heavy (non-hydrogen) atoms. The minimum absolute atomic E-state index is 0.745. The van der Waals surface area contributed by atoms with E-state index < -0.39 is 0 Å². The molecule has 0 saturated heterocycles. The van der Waals surface area contributed by atoms with E-state index in [9.17, 15) is 0 Å². The number of hydrogen-bond donors (Lipinski definition) is 1. The molecule has 0 spiro atoms. The Morgan fingerprint density at radius 1 is 1.50 bits per heavy atom. The molecule has 0 atom stereocenters. The molecule has 4 nitrogen and oxygen atoms in total. The maximum Gasteiger partial charge on any atom is 0.233 e. The van der Waals surface area contributed by atoms with E-state index in [0.29, 0.717) is 0 Å². The minimum atomic E-state index is 0.745. The summed E-state index contributed by atoms with van der Waals surface area (Å²) in [4.78, 5) is 8.22. The van der Waals surface area contributed by atoms with Gasteiger partial charge in [-0.05, 0) is 7.05 Å². The van der Waals surface area contributed by atoms with Gasteiger partial charge in [0.15, 0.2) is 0 Å². The van der Waals surface area contributed by atoms with Gasteiger partial charge < -0.3 is 5.32 Å². The third-order valence-electron chi connectivity index (χ3n) is 1.68. The zero-order chi connectivity index (χ0) is 8.39. The lowest BCUT2D eigenvalue weighted by molar-refractivity contribution is 0.804. The highest BCUT2D eigenvalue weighted by atomic mass is 15.1. The first kappa shape index (κ1) is 7.24. The number of aromatic nitrogens is 3. The van der Waals surface area contributed by atoms with Crippen LogP contribution in [0.2, 0.25) is 0 Å². The summed E-state index contributed by atoms with van der Waals surface area (Å²) in [5, 5.41) is 3.07. The molecule has 1 N–H and O–H groups in total. The van der Waals surface area contributed by atoms with Crippen molar-refractivity contribution in [3.05, 3.63) is 30.4 Å². The van der Waals surface area contributed by atoms with Gasteiger partial charge in [-0.3, -0.25) is 4.40 Å². The normalized spacial score (nSPS) is 10.8. The molecule has 62 valence electrons. The van der Waals surface area contributed by atoms with Crippen molar-refractivity contribution in [2.24, 2.45) is 0 Å². The summed E-state index contributed by atoms with van der Waals surface area (Å²) in [6, 6.07) is 0. The maximum atomic E-state index is 4.17. The highest BCUT2D eigenvalue weighted by Gasteiger charge is 1.95. The smallest absolute Gasteiger partial charge is 0.233 e. The standard InChI is InChI=1S/C8H10N4/c1-9-4-7-5-11-8-10-2-3-12(8)6-7/h2-3,5-6,9H,4H2,1H3. The Hall–Kier alpha value is -1.42. The van der Waals surface area contributed by atoms with Crippen molar-refractivity contribution in [1.82, 2.24) is 19.7 Å². The Kier molecular flexibility index (Phi) is 1.75. The molecule has 0 aliphatic heterocycles. The van der Waals surface area contributed by atoms with Gasteiger partial charge in [-0.2, -0.15) is 0 Å². The zero-order valence-electron chi connectivity index (χ0n) is 6.86. The first-order chi connectivity index (χ1) is 5.90. The van der Waals surface area contributed by atoms with Gasteiger partial charge in [0.2, 0.25) is 5.78 Å². The van der Waals surface area contributed by atoms with Crippen LogP contribution in [-0.2, 0) is 6.54 Å². The molecule has 0 fully saturated rings. The number of nitrogens with one attached hydrogen (secondary N) is 1. The van der Waals surface area contributed by atoms with E-state index >= 15 is 0 Å². The third kappa shape index (κ3) is 1.16. The van der Waals surface area contributed by atoms with Crippen LogP contribution in [-0.4, -0.2) is 21.4 Å². The fourth-order valence-electron chi connectivity index (χ4n) is 1.15. The fourth-order valence-corrected chi connectivity index (χ4v) is 1.15. The number of nitrogens with zero attached hydrogens (tertiary/aromatic N) is 3. The summed E-state index contributed by atoms with van der Waals surface area (Å²) in [5.74, 6) is 0.745. The summed E-state index contributed by atoms with van der Waals surface area (Å²) in [7, 11) is 1.91. The first-order valence-electron chi connectivity index (χ1n) is 3.82. The number of hydrogen-bond acceptors (Lipinski definition) is 3. The molecule has 0 bridgehead atoms. The topological polar surface area (TPSA) is 42.2 Å². The molecule has 0 aliphatic carbocycles. The van der Waals surface area contributed by atoms with Crippen LogP contribution in [0.1, 0.15) is 5.56 Å². The Bertz CT molecular complexity index is 379. The van der Waals surface area contributed by atoms with E-state index in [4.69, 9.17) is 0 Å². The highest BCUT2D eigenvalue weighted by Crippen LogP contribution is 1.99. The highest BCUT2D eigenvalue weighted by molar-refractivity contribution is 5.28. The lowest BCUT2D eigenvalue weighted by atomic mass is 10.3. The van der Waals surface area contributed by atoms with Gasteiger partial charge in [0, 0.05) is 36.9 Å². The molecule has 2 aromatic rings. The molecule has 0 radical (unpaired) electrons. The number of rotatable bonds is 2. The number of imidazole rings is 1. The first-order valence-corrected chi connectivity index (χ1v) is 3.82. The van der Waals surface area contributed by atoms with Crippen LogP contribution in [0.25, 0.3) is 5.78 Å². The van der Waals surface area contributed by atoms with Crippen LogP contribution in [0.15, 0.2) is 24.8 Å². The molecule has 0 aromatic carbocycles. The van der Waals surface area contributed by atoms with Crippen molar-refractivity contribution >= 4 is 5.78 Å². The molecular weight excluding hydrogens is 152 g/mol. The molecule has 2 rings (SSSR count). The molecular formula is C8H10N4. The van der Waals surface area contributed by atoms with Crippen LogP contribution in [0.4, 0.5) is 0 Å². The van der Waals surface area contributed by atoms with Crippen molar-refractivity contribution < 1.29 is 0 Å². The van der Waals surface area contributed by atoms with Crippen LogP contribution >= 0.6 is 0 Å². The third-order valence-corrected chi connectivity index (χ3v) is 1.68. The van der Waals surface area contributed by atoms with E-state index in [1.165, 1.54) is 0 Å². The molecule has 0 saturated carbocycles. The van der Waals surface area contributed by atoms with Gasteiger partial charge in [-0.15, -0.1) is 0 Å². The summed E-state index contributed by atoms with van der Waals surface area (Å²) < 4.78 is 1.91. The van der Waals surface area contributed by atoms with Crippen molar-refractivity contribution in [1.29, 1.82) is 0 Å². The van der Waals surface area contributed by atoms with Crippen molar-refractivity contribution in [3.63, 3.8) is 0 Å². The average molecular weight is 162 g/mol. The van der Waals surface area contributed by atoms with E-state index in [-0.39, 0.29) is 0 Å². The van der Waals surface area contributed by atoms with Crippen molar-refractivity contribution in [2.45, 2.75) is 6.54 Å². The lowest BCUT2D eigenvalue weighted by Crippen LogP contribution is -2.06. The van der Waals surface area contributed by atoms with Gasteiger partial charge in [0.25, 0.3) is 0 Å². The van der Waals surface area contributed by atoms with Gasteiger partial charge in [-0.1, -0.05) is 0 Å². The van der Waals surface area contributed by atoms with Crippen LogP contribution in [0, 0.1) is 0 Å². The molecule has 0 amide bonds. The van der Waals surface area contributed by atoms with Crippen LogP contribution in [0.3, 0.4) is 0 Å².